The van der Waals surface area contributed by atoms with E-state index < -0.39 is 18.5 Å². The molecule has 23 heavy (non-hydrogen) atoms. The quantitative estimate of drug-likeness (QED) is 0.855. The number of hydrogen-bond acceptors (Lipinski definition) is 4. The Labute approximate surface area is 142 Å². The average Bonchev–Trinajstić information content (AvgIpc) is 2.55. The van der Waals surface area contributed by atoms with E-state index in [9.17, 15) is 9.59 Å². The fraction of sp³-hybridized carbons (Fsp3) is 0.0625. The van der Waals surface area contributed by atoms with Gasteiger partial charge in [-0.05, 0) is 36.4 Å². The number of esters is 1. The van der Waals surface area contributed by atoms with E-state index in [1.807, 2.05) is 6.07 Å². The van der Waals surface area contributed by atoms with Crippen LogP contribution in [-0.2, 0) is 9.53 Å². The molecule has 1 amide bonds. The van der Waals surface area contributed by atoms with Crippen LogP contribution in [0.3, 0.4) is 0 Å². The molecule has 0 fully saturated rings. The van der Waals surface area contributed by atoms with Gasteiger partial charge in [-0.15, -0.1) is 0 Å². The molecule has 0 aliphatic rings. The van der Waals surface area contributed by atoms with Crippen molar-refractivity contribution in [3.8, 4) is 6.07 Å². The fourth-order valence-corrected chi connectivity index (χ4v) is 2.16. The summed E-state index contributed by atoms with van der Waals surface area (Å²) in [5, 5.41) is 12.0. The molecule has 0 unspecified atom stereocenters. The van der Waals surface area contributed by atoms with Crippen molar-refractivity contribution < 1.29 is 14.3 Å². The minimum Gasteiger partial charge on any atom is -0.452 e. The lowest BCUT2D eigenvalue weighted by atomic mass is 10.1. The first-order chi connectivity index (χ1) is 11.0. The summed E-state index contributed by atoms with van der Waals surface area (Å²) in [5.41, 5.74) is 0.891. The Bertz CT molecular complexity index is 800. The number of nitriles is 1. The van der Waals surface area contributed by atoms with Gasteiger partial charge in [0, 0.05) is 5.02 Å². The molecule has 2 aromatic rings. The number of benzene rings is 2. The average molecular weight is 349 g/mol. The number of hydrogen-bond donors (Lipinski definition) is 1. The predicted octanol–water partition coefficient (Wildman–Crippen LogP) is 3.66. The maximum Gasteiger partial charge on any atom is 0.338 e. The first-order valence-corrected chi connectivity index (χ1v) is 7.17. The molecule has 0 heterocycles. The molecule has 0 saturated carbocycles. The molecule has 0 bridgehead atoms. The Morgan fingerprint density at radius 2 is 1.96 bits per heavy atom. The zero-order valence-corrected chi connectivity index (χ0v) is 13.2. The number of amides is 1. The van der Waals surface area contributed by atoms with Crippen molar-refractivity contribution in [1.82, 2.24) is 0 Å². The van der Waals surface area contributed by atoms with Crippen LogP contribution in [0.1, 0.15) is 15.9 Å². The van der Waals surface area contributed by atoms with Gasteiger partial charge in [-0.3, -0.25) is 4.79 Å². The van der Waals surface area contributed by atoms with Crippen molar-refractivity contribution in [1.29, 1.82) is 5.26 Å². The highest BCUT2D eigenvalue weighted by atomic mass is 35.5. The van der Waals surface area contributed by atoms with Gasteiger partial charge in [-0.1, -0.05) is 29.3 Å². The Hall–Kier alpha value is -2.55. The van der Waals surface area contributed by atoms with Crippen molar-refractivity contribution in [2.45, 2.75) is 0 Å². The largest absolute Gasteiger partial charge is 0.452 e. The maximum absolute atomic E-state index is 11.8. The van der Waals surface area contributed by atoms with Crippen LogP contribution in [0.15, 0.2) is 42.5 Å². The Balaban J connectivity index is 1.93. The molecule has 0 atom stereocenters. The second-order valence-electron chi connectivity index (χ2n) is 4.44. The molecular formula is C16H10Cl2N2O3. The molecule has 2 aromatic carbocycles. The van der Waals surface area contributed by atoms with Crippen LogP contribution in [0.2, 0.25) is 10.0 Å². The fourth-order valence-electron chi connectivity index (χ4n) is 1.71. The summed E-state index contributed by atoms with van der Waals surface area (Å²) in [4.78, 5) is 23.6. The van der Waals surface area contributed by atoms with Gasteiger partial charge >= 0.3 is 5.97 Å². The van der Waals surface area contributed by atoms with Gasteiger partial charge in [0.1, 0.15) is 0 Å². The van der Waals surface area contributed by atoms with E-state index in [0.717, 1.165) is 0 Å². The molecule has 7 heteroatoms. The lowest BCUT2D eigenvalue weighted by molar-refractivity contribution is -0.119. The lowest BCUT2D eigenvalue weighted by Gasteiger charge is -2.08. The Morgan fingerprint density at radius 3 is 2.65 bits per heavy atom. The second-order valence-corrected chi connectivity index (χ2v) is 5.28. The molecule has 116 valence electrons. The summed E-state index contributed by atoms with van der Waals surface area (Å²) in [6.45, 7) is -0.478. The van der Waals surface area contributed by atoms with Gasteiger partial charge in [0.05, 0.1) is 27.9 Å². The molecule has 5 nitrogen and oxygen atoms in total. The molecular weight excluding hydrogens is 339 g/mol. The number of carbonyl (C=O) groups excluding carboxylic acids is 2. The van der Waals surface area contributed by atoms with Crippen molar-refractivity contribution in [2.24, 2.45) is 0 Å². The standard InChI is InChI=1S/C16H10Cl2N2O3/c17-12-4-5-14(13(18)7-12)20-15(21)9-23-16(22)11-3-1-2-10(6-11)8-19/h1-7H,9H2,(H,20,21). The van der Waals surface area contributed by atoms with Crippen LogP contribution < -0.4 is 5.32 Å². The summed E-state index contributed by atoms with van der Waals surface area (Å²) in [6, 6.07) is 12.5. The van der Waals surface area contributed by atoms with Crippen LogP contribution >= 0.6 is 23.2 Å². The van der Waals surface area contributed by atoms with E-state index in [0.29, 0.717) is 16.3 Å². The minimum absolute atomic E-state index is 0.196. The Kier molecular flexibility index (Phi) is 5.58. The maximum atomic E-state index is 11.8. The van der Waals surface area contributed by atoms with Crippen LogP contribution in [0, 0.1) is 11.3 Å². The highest BCUT2D eigenvalue weighted by Gasteiger charge is 2.12. The summed E-state index contributed by atoms with van der Waals surface area (Å²) in [5.74, 6) is -1.24. The minimum atomic E-state index is -0.695. The number of rotatable bonds is 4. The van der Waals surface area contributed by atoms with E-state index in [-0.39, 0.29) is 10.6 Å². The van der Waals surface area contributed by atoms with E-state index in [4.69, 9.17) is 33.2 Å². The number of halogens is 2. The van der Waals surface area contributed by atoms with E-state index in [1.54, 1.807) is 24.3 Å². The number of ether oxygens (including phenoxy) is 1. The van der Waals surface area contributed by atoms with Crippen LogP contribution in [0.4, 0.5) is 5.69 Å². The van der Waals surface area contributed by atoms with E-state index in [2.05, 4.69) is 5.32 Å². The SMILES string of the molecule is N#Cc1cccc(C(=O)OCC(=O)Nc2ccc(Cl)cc2Cl)c1. The van der Waals surface area contributed by atoms with Gasteiger partial charge in [-0.2, -0.15) is 5.26 Å². The van der Waals surface area contributed by atoms with Gasteiger partial charge in [0.15, 0.2) is 6.61 Å². The van der Waals surface area contributed by atoms with Crippen molar-refractivity contribution in [2.75, 3.05) is 11.9 Å². The third-order valence-electron chi connectivity index (χ3n) is 2.77. The third kappa shape index (κ3) is 4.71. The summed E-state index contributed by atoms with van der Waals surface area (Å²) >= 11 is 11.7. The van der Waals surface area contributed by atoms with Crippen LogP contribution in [-0.4, -0.2) is 18.5 Å². The zero-order chi connectivity index (χ0) is 16.8. The second kappa shape index (κ2) is 7.63. The number of nitrogens with one attached hydrogen (secondary N) is 1. The van der Waals surface area contributed by atoms with E-state index >= 15 is 0 Å². The molecule has 0 aromatic heterocycles. The van der Waals surface area contributed by atoms with Crippen molar-refractivity contribution >= 4 is 40.8 Å². The molecule has 0 radical (unpaired) electrons. The van der Waals surface area contributed by atoms with E-state index in [1.165, 1.54) is 18.2 Å². The third-order valence-corrected chi connectivity index (χ3v) is 3.31. The van der Waals surface area contributed by atoms with Crippen molar-refractivity contribution in [3.05, 3.63) is 63.6 Å². The van der Waals surface area contributed by atoms with Gasteiger partial charge in [-0.25, -0.2) is 4.79 Å². The summed E-state index contributed by atoms with van der Waals surface area (Å²) in [6.07, 6.45) is 0. The molecule has 1 N–H and O–H groups in total. The monoisotopic (exact) mass is 348 g/mol. The summed E-state index contributed by atoms with van der Waals surface area (Å²) in [7, 11) is 0. The molecule has 0 saturated heterocycles. The molecule has 0 spiro atoms. The first-order valence-electron chi connectivity index (χ1n) is 6.42. The van der Waals surface area contributed by atoms with Crippen LogP contribution in [0.5, 0.6) is 0 Å². The normalized spacial score (nSPS) is 9.78. The lowest BCUT2D eigenvalue weighted by Crippen LogP contribution is -2.21. The predicted molar refractivity (Wildman–Crippen MR) is 86.5 cm³/mol. The topological polar surface area (TPSA) is 79.2 Å². The molecule has 0 aliphatic carbocycles. The first kappa shape index (κ1) is 16.8. The van der Waals surface area contributed by atoms with Crippen LogP contribution in [0.25, 0.3) is 0 Å². The Morgan fingerprint density at radius 1 is 1.17 bits per heavy atom. The van der Waals surface area contributed by atoms with Gasteiger partial charge < -0.3 is 10.1 Å². The van der Waals surface area contributed by atoms with Crippen molar-refractivity contribution in [3.63, 3.8) is 0 Å². The highest BCUT2D eigenvalue weighted by molar-refractivity contribution is 6.36. The van der Waals surface area contributed by atoms with Gasteiger partial charge in [0.25, 0.3) is 5.91 Å². The molecule has 0 aliphatic heterocycles. The number of nitrogens with zero attached hydrogens (tertiary/aromatic N) is 1. The summed E-state index contributed by atoms with van der Waals surface area (Å²) < 4.78 is 4.90. The zero-order valence-electron chi connectivity index (χ0n) is 11.7. The highest BCUT2D eigenvalue weighted by Crippen LogP contribution is 2.25. The smallest absolute Gasteiger partial charge is 0.338 e. The van der Waals surface area contributed by atoms with Gasteiger partial charge in [0.2, 0.25) is 0 Å². The molecule has 2 rings (SSSR count). The number of carbonyl (C=O) groups is 2. The number of anilines is 1.